The van der Waals surface area contributed by atoms with Crippen LogP contribution in [0.25, 0.3) is 0 Å². The number of Topliss-reactive ketones (excluding diaryl/α,β-unsaturated/α-hetero) is 1. The van der Waals surface area contributed by atoms with Crippen LogP contribution >= 0.6 is 23.5 Å². The van der Waals surface area contributed by atoms with Gasteiger partial charge in [0.2, 0.25) is 10.0 Å². The summed E-state index contributed by atoms with van der Waals surface area (Å²) in [6, 6.07) is 0. The van der Waals surface area contributed by atoms with Gasteiger partial charge in [-0.25, -0.2) is 8.42 Å². The van der Waals surface area contributed by atoms with Crippen LogP contribution in [0.15, 0.2) is 9.14 Å². The highest BCUT2D eigenvalue weighted by atomic mass is 32.2. The number of carbonyl (C=O) groups excluding carboxylic acids is 1. The first-order valence-electron chi connectivity index (χ1n) is 5.04. The van der Waals surface area contributed by atoms with Crippen molar-refractivity contribution >= 4 is 39.3 Å². The summed E-state index contributed by atoms with van der Waals surface area (Å²) in [6.07, 6.45) is 3.56. The lowest BCUT2D eigenvalue weighted by molar-refractivity contribution is -0.114. The zero-order valence-corrected chi connectivity index (χ0v) is 13.1. The van der Waals surface area contributed by atoms with E-state index < -0.39 is 15.6 Å². The molecule has 0 atom stereocenters. The number of rotatable bonds is 2. The number of nitrogens with zero attached hydrogens (tertiary/aromatic N) is 1. The Labute approximate surface area is 111 Å². The SMILES string of the molecule is CSC(SC)=C1C(=O)CN(C(C)(C)C)S1(=O)=O. The molecule has 7 heteroatoms. The maximum Gasteiger partial charge on any atom is 0.249 e. The first kappa shape index (κ1) is 15.1. The minimum atomic E-state index is -3.64. The Morgan fingerprint density at radius 1 is 1.24 bits per heavy atom. The first-order chi connectivity index (χ1) is 7.66. The molecule has 1 saturated heterocycles. The van der Waals surface area contributed by atoms with Crippen LogP contribution in [0.4, 0.5) is 0 Å². The average Bonchev–Trinajstić information content (AvgIpc) is 2.42. The Morgan fingerprint density at radius 3 is 2.00 bits per heavy atom. The number of hydrogen-bond acceptors (Lipinski definition) is 5. The summed E-state index contributed by atoms with van der Waals surface area (Å²) in [4.78, 5) is 11.9. The first-order valence-corrected chi connectivity index (χ1v) is 8.93. The normalized spacial score (nSPS) is 21.0. The van der Waals surface area contributed by atoms with E-state index in [1.54, 1.807) is 33.3 Å². The van der Waals surface area contributed by atoms with Crippen molar-refractivity contribution in [2.75, 3.05) is 19.1 Å². The molecular weight excluding hydrogens is 278 g/mol. The smallest absolute Gasteiger partial charge is 0.249 e. The van der Waals surface area contributed by atoms with Crippen LogP contribution in [0.1, 0.15) is 20.8 Å². The van der Waals surface area contributed by atoms with Crippen LogP contribution < -0.4 is 0 Å². The van der Waals surface area contributed by atoms with Crippen LogP contribution in [-0.4, -0.2) is 43.1 Å². The predicted molar refractivity (Wildman–Crippen MR) is 74.4 cm³/mol. The van der Waals surface area contributed by atoms with Gasteiger partial charge in [-0.1, -0.05) is 0 Å². The van der Waals surface area contributed by atoms with Gasteiger partial charge in [-0.15, -0.1) is 23.5 Å². The maximum atomic E-state index is 12.3. The second-order valence-corrected chi connectivity index (χ2v) is 8.32. The largest absolute Gasteiger partial charge is 0.292 e. The fourth-order valence-electron chi connectivity index (χ4n) is 1.63. The van der Waals surface area contributed by atoms with Gasteiger partial charge in [-0.05, 0) is 33.3 Å². The molecule has 1 aliphatic rings. The molecule has 0 saturated carbocycles. The second kappa shape index (κ2) is 4.95. The summed E-state index contributed by atoms with van der Waals surface area (Å²) in [5, 5.41) is 0. The van der Waals surface area contributed by atoms with Gasteiger partial charge in [0.25, 0.3) is 0 Å². The highest BCUT2D eigenvalue weighted by molar-refractivity contribution is 8.22. The lowest BCUT2D eigenvalue weighted by Gasteiger charge is -2.28. The van der Waals surface area contributed by atoms with Gasteiger partial charge in [0.15, 0.2) is 5.78 Å². The zero-order chi connectivity index (χ0) is 13.4. The third kappa shape index (κ3) is 2.72. The predicted octanol–water partition coefficient (Wildman–Crippen LogP) is 1.89. The van der Waals surface area contributed by atoms with Crippen molar-refractivity contribution in [2.24, 2.45) is 0 Å². The van der Waals surface area contributed by atoms with Crippen molar-refractivity contribution < 1.29 is 13.2 Å². The van der Waals surface area contributed by atoms with Crippen LogP contribution in [0, 0.1) is 0 Å². The Bertz CT molecular complexity index is 454. The van der Waals surface area contributed by atoms with E-state index in [-0.39, 0.29) is 17.2 Å². The number of thioether (sulfide) groups is 2. The molecule has 1 fully saturated rings. The topological polar surface area (TPSA) is 54.5 Å². The van der Waals surface area contributed by atoms with Gasteiger partial charge in [0.05, 0.1) is 10.8 Å². The molecule has 98 valence electrons. The summed E-state index contributed by atoms with van der Waals surface area (Å²) in [7, 11) is -3.64. The molecule has 0 aromatic heterocycles. The third-order valence-corrected chi connectivity index (χ3v) is 7.01. The van der Waals surface area contributed by atoms with Crippen molar-refractivity contribution in [3.63, 3.8) is 0 Å². The molecule has 1 rings (SSSR count). The summed E-state index contributed by atoms with van der Waals surface area (Å²) >= 11 is 2.60. The molecule has 0 amide bonds. The minimum absolute atomic E-state index is 0.0348. The van der Waals surface area contributed by atoms with E-state index in [0.717, 1.165) is 0 Å². The lowest BCUT2D eigenvalue weighted by Crippen LogP contribution is -2.42. The molecule has 1 heterocycles. The van der Waals surface area contributed by atoms with Crippen molar-refractivity contribution in [1.29, 1.82) is 0 Å². The third-order valence-electron chi connectivity index (χ3n) is 2.39. The molecule has 0 aliphatic carbocycles. The Hall–Kier alpha value is 0.0200. The highest BCUT2D eigenvalue weighted by Gasteiger charge is 2.47. The van der Waals surface area contributed by atoms with Crippen molar-refractivity contribution in [3.8, 4) is 0 Å². The molecule has 0 aromatic carbocycles. The molecule has 0 spiro atoms. The number of sulfonamides is 1. The molecule has 0 aromatic rings. The van der Waals surface area contributed by atoms with Gasteiger partial charge in [-0.3, -0.25) is 4.79 Å². The molecule has 17 heavy (non-hydrogen) atoms. The maximum absolute atomic E-state index is 12.3. The van der Waals surface area contributed by atoms with Gasteiger partial charge < -0.3 is 0 Å². The average molecular weight is 295 g/mol. The van der Waals surface area contributed by atoms with Crippen LogP contribution in [0.5, 0.6) is 0 Å². The number of ketones is 1. The number of hydrogen-bond donors (Lipinski definition) is 0. The number of carbonyl (C=O) groups is 1. The van der Waals surface area contributed by atoms with Gasteiger partial charge in [0.1, 0.15) is 4.91 Å². The minimum Gasteiger partial charge on any atom is -0.292 e. The Kier molecular flexibility index (Phi) is 4.39. The van der Waals surface area contributed by atoms with Gasteiger partial charge in [-0.2, -0.15) is 4.31 Å². The molecular formula is C10H17NO3S3. The van der Waals surface area contributed by atoms with E-state index >= 15 is 0 Å². The lowest BCUT2D eigenvalue weighted by atomic mass is 10.1. The molecule has 1 aliphatic heterocycles. The van der Waals surface area contributed by atoms with E-state index in [0.29, 0.717) is 4.24 Å². The summed E-state index contributed by atoms with van der Waals surface area (Å²) in [6.45, 7) is 5.32. The summed E-state index contributed by atoms with van der Waals surface area (Å²) in [5.41, 5.74) is -0.571. The molecule has 0 bridgehead atoms. The van der Waals surface area contributed by atoms with E-state index in [1.807, 2.05) is 0 Å². The van der Waals surface area contributed by atoms with Crippen molar-refractivity contribution in [3.05, 3.63) is 9.14 Å². The molecule has 0 unspecified atom stereocenters. The Morgan fingerprint density at radius 2 is 1.71 bits per heavy atom. The molecule has 0 N–H and O–H groups in total. The van der Waals surface area contributed by atoms with Crippen molar-refractivity contribution in [2.45, 2.75) is 26.3 Å². The van der Waals surface area contributed by atoms with Crippen LogP contribution in [0.3, 0.4) is 0 Å². The molecule has 4 nitrogen and oxygen atoms in total. The van der Waals surface area contributed by atoms with E-state index in [2.05, 4.69) is 0 Å². The Balaban J connectivity index is 3.40. The fourth-order valence-corrected chi connectivity index (χ4v) is 5.82. The quantitative estimate of drug-likeness (QED) is 0.728. The van der Waals surface area contributed by atoms with Crippen molar-refractivity contribution in [1.82, 2.24) is 4.31 Å². The standard InChI is InChI=1S/C10H17NO3S3/c1-10(2,3)11-6-7(12)8(17(11,13)14)9(15-4)16-5/h6H2,1-5H3. The van der Waals surface area contributed by atoms with E-state index in [4.69, 9.17) is 0 Å². The molecule has 0 radical (unpaired) electrons. The fraction of sp³-hybridized carbons (Fsp3) is 0.700. The summed E-state index contributed by atoms with van der Waals surface area (Å²) in [5.74, 6) is -0.307. The monoisotopic (exact) mass is 295 g/mol. The van der Waals surface area contributed by atoms with Crippen LogP contribution in [0.2, 0.25) is 0 Å². The summed E-state index contributed by atoms with van der Waals surface area (Å²) < 4.78 is 26.5. The zero-order valence-electron chi connectivity index (χ0n) is 10.6. The van der Waals surface area contributed by atoms with E-state index in [9.17, 15) is 13.2 Å². The highest BCUT2D eigenvalue weighted by Crippen LogP contribution is 2.38. The van der Waals surface area contributed by atoms with Gasteiger partial charge >= 0.3 is 0 Å². The van der Waals surface area contributed by atoms with Gasteiger partial charge in [0, 0.05) is 5.54 Å². The second-order valence-electron chi connectivity index (χ2n) is 4.63. The van der Waals surface area contributed by atoms with Crippen LogP contribution in [-0.2, 0) is 14.8 Å². The van der Waals surface area contributed by atoms with E-state index in [1.165, 1.54) is 27.8 Å².